The molecule has 4 nitrogen and oxygen atoms in total. The first kappa shape index (κ1) is 17.7. The highest BCUT2D eigenvalue weighted by atomic mass is 127. The van der Waals surface area contributed by atoms with Crippen LogP contribution in [0.3, 0.4) is 0 Å². The van der Waals surface area contributed by atoms with E-state index >= 15 is 0 Å². The van der Waals surface area contributed by atoms with Gasteiger partial charge < -0.3 is 15.7 Å². The third kappa shape index (κ3) is 6.58. The summed E-state index contributed by atoms with van der Waals surface area (Å²) >= 11 is 0. The van der Waals surface area contributed by atoms with Crippen molar-refractivity contribution in [1.29, 1.82) is 0 Å². The molecule has 1 atom stereocenters. The Labute approximate surface area is 127 Å². The molecule has 0 saturated heterocycles. The summed E-state index contributed by atoms with van der Waals surface area (Å²) in [6.07, 6.45) is 7.65. The molecule has 5 heteroatoms. The van der Waals surface area contributed by atoms with Crippen LogP contribution >= 0.6 is 24.0 Å². The van der Waals surface area contributed by atoms with Gasteiger partial charge in [-0.2, -0.15) is 0 Å². The maximum Gasteiger partial charge on any atom is 0.191 e. The van der Waals surface area contributed by atoms with Gasteiger partial charge in [0.2, 0.25) is 0 Å². The van der Waals surface area contributed by atoms with Gasteiger partial charge in [-0.25, -0.2) is 0 Å². The Morgan fingerprint density at radius 2 is 2.06 bits per heavy atom. The molecule has 0 aliphatic heterocycles. The number of halogens is 1. The summed E-state index contributed by atoms with van der Waals surface area (Å²) in [6, 6.07) is 0. The third-order valence-electron chi connectivity index (χ3n) is 3.31. The molecule has 1 fully saturated rings. The second-order valence-electron chi connectivity index (χ2n) is 4.59. The number of aliphatic hydroxyl groups excluding tert-OH is 1. The van der Waals surface area contributed by atoms with E-state index in [9.17, 15) is 5.11 Å². The van der Waals surface area contributed by atoms with Crippen molar-refractivity contribution in [2.45, 2.75) is 38.2 Å². The average molecular weight is 367 g/mol. The summed E-state index contributed by atoms with van der Waals surface area (Å²) in [6.45, 7) is 4.89. The van der Waals surface area contributed by atoms with Crippen LogP contribution in [0.1, 0.15) is 32.1 Å². The van der Waals surface area contributed by atoms with Crippen LogP contribution in [0.25, 0.3) is 0 Å². The maximum absolute atomic E-state index is 10.1. The van der Waals surface area contributed by atoms with E-state index in [-0.39, 0.29) is 30.1 Å². The molecule has 0 amide bonds. The van der Waals surface area contributed by atoms with Gasteiger partial charge >= 0.3 is 0 Å². The van der Waals surface area contributed by atoms with E-state index in [2.05, 4.69) is 22.2 Å². The zero-order valence-corrected chi connectivity index (χ0v) is 13.5. The molecule has 0 aromatic carbocycles. The van der Waals surface area contributed by atoms with Gasteiger partial charge in [0.25, 0.3) is 0 Å². The normalized spacial score (nSPS) is 18.7. The average Bonchev–Trinajstić information content (AvgIpc) is 2.39. The van der Waals surface area contributed by atoms with Crippen molar-refractivity contribution >= 4 is 29.9 Å². The standard InChI is InChI=1S/C13H25N3O.HI/c1-3-9-15-13(14-2)16-10-12(17)11-7-5-4-6-8-11;/h3,11-12,17H,1,4-10H2,2H3,(H2,14,15,16);1H. The second kappa shape index (κ2) is 10.6. The van der Waals surface area contributed by atoms with E-state index in [1.807, 2.05) is 0 Å². The molecule has 0 bridgehead atoms. The highest BCUT2D eigenvalue weighted by molar-refractivity contribution is 14.0. The zero-order chi connectivity index (χ0) is 12.5. The van der Waals surface area contributed by atoms with Gasteiger partial charge in [0.15, 0.2) is 5.96 Å². The lowest BCUT2D eigenvalue weighted by atomic mass is 9.85. The largest absolute Gasteiger partial charge is 0.391 e. The highest BCUT2D eigenvalue weighted by Gasteiger charge is 2.21. The first-order chi connectivity index (χ1) is 8.27. The minimum absolute atomic E-state index is 0. The van der Waals surface area contributed by atoms with Gasteiger partial charge in [0.1, 0.15) is 0 Å². The zero-order valence-electron chi connectivity index (χ0n) is 11.2. The minimum atomic E-state index is -0.266. The number of rotatable bonds is 5. The number of nitrogens with zero attached hydrogens (tertiary/aromatic N) is 1. The van der Waals surface area contributed by atoms with Crippen molar-refractivity contribution < 1.29 is 5.11 Å². The number of aliphatic hydroxyl groups is 1. The Morgan fingerprint density at radius 3 is 2.61 bits per heavy atom. The summed E-state index contributed by atoms with van der Waals surface area (Å²) in [7, 11) is 1.73. The predicted molar refractivity (Wildman–Crippen MR) is 87.6 cm³/mol. The highest BCUT2D eigenvalue weighted by Crippen LogP contribution is 2.26. The molecule has 1 aliphatic rings. The van der Waals surface area contributed by atoms with E-state index in [1.54, 1.807) is 13.1 Å². The van der Waals surface area contributed by atoms with Crippen LogP contribution in [0.5, 0.6) is 0 Å². The molecule has 18 heavy (non-hydrogen) atoms. The molecule has 3 N–H and O–H groups in total. The number of hydrogen-bond donors (Lipinski definition) is 3. The molecular weight excluding hydrogens is 341 g/mol. The molecule has 106 valence electrons. The SMILES string of the molecule is C=CCNC(=NC)NCC(O)C1CCCCC1.I. The fraction of sp³-hybridized carbons (Fsp3) is 0.769. The molecule has 1 unspecified atom stereocenters. The van der Waals surface area contributed by atoms with Crippen molar-refractivity contribution in [2.75, 3.05) is 20.1 Å². The molecule has 1 saturated carbocycles. The topological polar surface area (TPSA) is 56.7 Å². The lowest BCUT2D eigenvalue weighted by Gasteiger charge is -2.27. The Bertz CT molecular complexity index is 253. The summed E-state index contributed by atoms with van der Waals surface area (Å²) < 4.78 is 0. The Hall–Kier alpha value is -0.300. The number of hydrogen-bond acceptors (Lipinski definition) is 2. The fourth-order valence-corrected chi connectivity index (χ4v) is 2.28. The van der Waals surface area contributed by atoms with Crippen LogP contribution in [0, 0.1) is 5.92 Å². The van der Waals surface area contributed by atoms with Gasteiger partial charge in [-0.3, -0.25) is 4.99 Å². The Balaban J connectivity index is 0.00000289. The minimum Gasteiger partial charge on any atom is -0.391 e. The van der Waals surface area contributed by atoms with Crippen LogP contribution in [-0.2, 0) is 0 Å². The van der Waals surface area contributed by atoms with Gasteiger partial charge in [0.05, 0.1) is 6.10 Å². The number of guanidine groups is 1. The van der Waals surface area contributed by atoms with Crippen LogP contribution < -0.4 is 10.6 Å². The second-order valence-corrected chi connectivity index (χ2v) is 4.59. The van der Waals surface area contributed by atoms with Crippen LogP contribution in [-0.4, -0.2) is 37.3 Å². The summed E-state index contributed by atoms with van der Waals surface area (Å²) in [5.41, 5.74) is 0. The van der Waals surface area contributed by atoms with Gasteiger partial charge in [-0.05, 0) is 18.8 Å². The molecule has 0 aromatic rings. The van der Waals surface area contributed by atoms with Gasteiger partial charge in [-0.15, -0.1) is 30.6 Å². The van der Waals surface area contributed by atoms with Crippen molar-refractivity contribution in [3.63, 3.8) is 0 Å². The maximum atomic E-state index is 10.1. The Morgan fingerprint density at radius 1 is 1.39 bits per heavy atom. The first-order valence-corrected chi connectivity index (χ1v) is 6.51. The van der Waals surface area contributed by atoms with Crippen LogP contribution in [0.4, 0.5) is 0 Å². The van der Waals surface area contributed by atoms with E-state index < -0.39 is 0 Å². The molecule has 1 aliphatic carbocycles. The molecule has 1 rings (SSSR count). The fourth-order valence-electron chi connectivity index (χ4n) is 2.28. The third-order valence-corrected chi connectivity index (χ3v) is 3.31. The predicted octanol–water partition coefficient (Wildman–Crippen LogP) is 1.90. The summed E-state index contributed by atoms with van der Waals surface area (Å²) in [5, 5.41) is 16.3. The Kier molecular flexibility index (Phi) is 10.4. The first-order valence-electron chi connectivity index (χ1n) is 6.51. The quantitative estimate of drug-likeness (QED) is 0.301. The molecular formula is C13H26IN3O. The summed E-state index contributed by atoms with van der Waals surface area (Å²) in [4.78, 5) is 4.08. The van der Waals surface area contributed by atoms with E-state index in [1.165, 1.54) is 19.3 Å². The lowest BCUT2D eigenvalue weighted by molar-refractivity contribution is 0.0880. The van der Waals surface area contributed by atoms with Crippen molar-refractivity contribution in [3.05, 3.63) is 12.7 Å². The van der Waals surface area contributed by atoms with E-state index in [0.29, 0.717) is 19.0 Å². The van der Waals surface area contributed by atoms with Crippen molar-refractivity contribution in [1.82, 2.24) is 10.6 Å². The van der Waals surface area contributed by atoms with Crippen molar-refractivity contribution in [3.8, 4) is 0 Å². The van der Waals surface area contributed by atoms with Crippen LogP contribution in [0.2, 0.25) is 0 Å². The van der Waals surface area contributed by atoms with E-state index in [4.69, 9.17) is 0 Å². The van der Waals surface area contributed by atoms with E-state index in [0.717, 1.165) is 18.8 Å². The van der Waals surface area contributed by atoms with Gasteiger partial charge in [0, 0.05) is 20.1 Å². The molecule has 0 heterocycles. The lowest BCUT2D eigenvalue weighted by Crippen LogP contribution is -2.43. The van der Waals surface area contributed by atoms with Crippen LogP contribution in [0.15, 0.2) is 17.6 Å². The number of nitrogens with one attached hydrogen (secondary N) is 2. The van der Waals surface area contributed by atoms with Gasteiger partial charge in [-0.1, -0.05) is 25.3 Å². The van der Waals surface area contributed by atoms with Crippen molar-refractivity contribution in [2.24, 2.45) is 10.9 Å². The molecule has 0 aromatic heterocycles. The summed E-state index contributed by atoms with van der Waals surface area (Å²) in [5.74, 6) is 1.17. The number of aliphatic imine (C=N–C) groups is 1. The molecule has 0 spiro atoms. The smallest absolute Gasteiger partial charge is 0.191 e. The molecule has 0 radical (unpaired) electrons. The monoisotopic (exact) mass is 367 g/mol.